The maximum Gasteiger partial charge on any atom is 0.244 e. The fourth-order valence-electron chi connectivity index (χ4n) is 5.16. The van der Waals surface area contributed by atoms with E-state index in [0.717, 1.165) is 0 Å². The van der Waals surface area contributed by atoms with Crippen molar-refractivity contribution in [2.24, 2.45) is 16.7 Å². The first kappa shape index (κ1) is 23.8. The molecule has 1 N–H and O–H groups in total. The summed E-state index contributed by atoms with van der Waals surface area (Å²) in [6, 6.07) is 14.3. The van der Waals surface area contributed by atoms with Crippen LogP contribution in [0.1, 0.15) is 24.2 Å². The summed E-state index contributed by atoms with van der Waals surface area (Å²) in [4.78, 5) is 0. The number of rotatable bonds is 5. The topological polar surface area (TPSA) is 141 Å². The highest BCUT2D eigenvalue weighted by molar-refractivity contribution is 5.89. The molecule has 2 heterocycles. The fourth-order valence-corrected chi connectivity index (χ4v) is 5.16. The SMILES string of the molecule is COc1ccc(C2OC3(c4ccc(F)cc4)OC(=N)C(C#N)(C3C)C2(C#N)C#N)c(OC)c1OC. The molecular formula is C25H21FN4O5. The van der Waals surface area contributed by atoms with E-state index in [1.165, 1.54) is 51.7 Å². The summed E-state index contributed by atoms with van der Waals surface area (Å²) < 4.78 is 42.5. The minimum Gasteiger partial charge on any atom is -0.493 e. The Balaban J connectivity index is 2.08. The second-order valence-electron chi connectivity index (χ2n) is 8.20. The lowest BCUT2D eigenvalue weighted by Gasteiger charge is -2.49. The minimum absolute atomic E-state index is 0.120. The van der Waals surface area contributed by atoms with Crippen LogP contribution in [0.15, 0.2) is 36.4 Å². The van der Waals surface area contributed by atoms with E-state index in [0.29, 0.717) is 11.3 Å². The molecule has 0 radical (unpaired) electrons. The van der Waals surface area contributed by atoms with Gasteiger partial charge in [0.05, 0.1) is 45.5 Å². The molecule has 2 aliphatic rings. The quantitative estimate of drug-likeness (QED) is 0.683. The summed E-state index contributed by atoms with van der Waals surface area (Å²) in [5.74, 6) is -3.21. The third-order valence-electron chi connectivity index (χ3n) is 6.93. The summed E-state index contributed by atoms with van der Waals surface area (Å²) in [7, 11) is 4.21. The maximum atomic E-state index is 13.7. The fraction of sp³-hybridized carbons (Fsp3) is 0.360. The molecular weight excluding hydrogens is 455 g/mol. The molecule has 0 amide bonds. The number of nitriles is 3. The predicted molar refractivity (Wildman–Crippen MR) is 118 cm³/mol. The zero-order valence-corrected chi connectivity index (χ0v) is 19.4. The van der Waals surface area contributed by atoms with E-state index in [1.54, 1.807) is 13.0 Å². The number of nitrogens with one attached hydrogen (secondary N) is 1. The first-order valence-corrected chi connectivity index (χ1v) is 10.5. The van der Waals surface area contributed by atoms with E-state index in [1.807, 2.05) is 12.1 Å². The minimum atomic E-state index is -2.22. The van der Waals surface area contributed by atoms with Crippen LogP contribution >= 0.6 is 0 Å². The van der Waals surface area contributed by atoms with Crippen LogP contribution < -0.4 is 14.2 Å². The Hall–Kier alpha value is -4.33. The Morgan fingerprint density at radius 1 is 0.914 bits per heavy atom. The average Bonchev–Trinajstić information content (AvgIpc) is 3.04. The normalized spacial score (nSPS) is 28.1. The number of methoxy groups -OCH3 is 3. The van der Waals surface area contributed by atoms with E-state index < -0.39 is 40.4 Å². The van der Waals surface area contributed by atoms with Gasteiger partial charge in [-0.2, -0.15) is 15.8 Å². The average molecular weight is 476 g/mol. The zero-order chi connectivity index (χ0) is 25.6. The van der Waals surface area contributed by atoms with Gasteiger partial charge in [0.1, 0.15) is 11.9 Å². The molecule has 2 fully saturated rings. The van der Waals surface area contributed by atoms with Crippen LogP contribution in [0.25, 0.3) is 0 Å². The monoisotopic (exact) mass is 476 g/mol. The summed E-state index contributed by atoms with van der Waals surface area (Å²) in [5.41, 5.74) is -3.70. The molecule has 4 unspecified atom stereocenters. The molecule has 0 saturated carbocycles. The second-order valence-corrected chi connectivity index (χ2v) is 8.20. The second kappa shape index (κ2) is 8.16. The van der Waals surface area contributed by atoms with Crippen LogP contribution in [-0.2, 0) is 15.3 Å². The molecule has 2 saturated heterocycles. The molecule has 2 aromatic rings. The highest BCUT2D eigenvalue weighted by Gasteiger charge is 2.80. The molecule has 9 nitrogen and oxygen atoms in total. The van der Waals surface area contributed by atoms with Gasteiger partial charge in [-0.1, -0.05) is 6.92 Å². The van der Waals surface area contributed by atoms with Crippen LogP contribution in [0.2, 0.25) is 0 Å². The summed E-state index contributed by atoms with van der Waals surface area (Å²) >= 11 is 0. The number of hydrogen-bond acceptors (Lipinski definition) is 9. The summed E-state index contributed by atoms with van der Waals surface area (Å²) in [6.45, 7) is 1.57. The molecule has 0 spiro atoms. The van der Waals surface area contributed by atoms with E-state index in [9.17, 15) is 20.2 Å². The number of halogens is 1. The van der Waals surface area contributed by atoms with Gasteiger partial charge in [0.25, 0.3) is 0 Å². The van der Waals surface area contributed by atoms with Crippen molar-refractivity contribution in [1.82, 2.24) is 0 Å². The first-order valence-electron chi connectivity index (χ1n) is 10.5. The van der Waals surface area contributed by atoms with Crippen LogP contribution in [0, 0.1) is 62.0 Å². The Morgan fingerprint density at radius 2 is 1.54 bits per heavy atom. The van der Waals surface area contributed by atoms with Crippen molar-refractivity contribution < 1.29 is 28.1 Å². The van der Waals surface area contributed by atoms with Gasteiger partial charge in [-0.3, -0.25) is 5.41 Å². The van der Waals surface area contributed by atoms with Crippen molar-refractivity contribution >= 4 is 5.90 Å². The predicted octanol–water partition coefficient (Wildman–Crippen LogP) is 3.96. The van der Waals surface area contributed by atoms with Crippen molar-refractivity contribution in [3.05, 3.63) is 53.3 Å². The van der Waals surface area contributed by atoms with Gasteiger partial charge >= 0.3 is 0 Å². The Bertz CT molecular complexity index is 1310. The highest BCUT2D eigenvalue weighted by atomic mass is 19.1. The van der Waals surface area contributed by atoms with Crippen molar-refractivity contribution in [2.75, 3.05) is 21.3 Å². The maximum absolute atomic E-state index is 13.7. The van der Waals surface area contributed by atoms with Gasteiger partial charge in [-0.15, -0.1) is 0 Å². The van der Waals surface area contributed by atoms with Crippen molar-refractivity contribution in [3.63, 3.8) is 0 Å². The molecule has 4 rings (SSSR count). The van der Waals surface area contributed by atoms with Crippen LogP contribution in [0.5, 0.6) is 17.2 Å². The van der Waals surface area contributed by atoms with E-state index >= 15 is 0 Å². The Labute approximate surface area is 201 Å². The smallest absolute Gasteiger partial charge is 0.244 e. The first-order chi connectivity index (χ1) is 16.8. The number of benzene rings is 2. The van der Waals surface area contributed by atoms with E-state index in [4.69, 9.17) is 29.1 Å². The van der Waals surface area contributed by atoms with Gasteiger partial charge in [0, 0.05) is 11.1 Å². The molecule has 35 heavy (non-hydrogen) atoms. The third-order valence-corrected chi connectivity index (χ3v) is 6.93. The third kappa shape index (κ3) is 2.76. The lowest BCUT2D eigenvalue weighted by molar-refractivity contribution is -0.288. The number of nitrogens with zero attached hydrogens (tertiary/aromatic N) is 3. The van der Waals surface area contributed by atoms with Gasteiger partial charge in [0.15, 0.2) is 16.9 Å². The summed E-state index contributed by atoms with van der Waals surface area (Å²) in [6.07, 6.45) is -1.43. The van der Waals surface area contributed by atoms with Crippen molar-refractivity contribution in [3.8, 4) is 35.5 Å². The number of fused-ring (bicyclic) bond motifs is 2. The summed E-state index contributed by atoms with van der Waals surface area (Å²) in [5, 5.41) is 39.9. The van der Waals surface area contributed by atoms with Crippen LogP contribution in [0.3, 0.4) is 0 Å². The molecule has 0 aromatic heterocycles. The zero-order valence-electron chi connectivity index (χ0n) is 19.4. The standard InChI is InChI=1S/C25H21FN4O5/c1-14-24(13-29)22(30)35-25(14,15-5-7-16(26)8-6-15)34-21(23(24,11-27)12-28)17-9-10-18(31-2)20(33-4)19(17)32-3/h5-10,14,21,30H,1-4H3. The molecule has 10 heteroatoms. The van der Waals surface area contributed by atoms with Crippen molar-refractivity contribution in [2.45, 2.75) is 18.8 Å². The Morgan fingerprint density at radius 3 is 2.06 bits per heavy atom. The van der Waals surface area contributed by atoms with Gasteiger partial charge in [-0.25, -0.2) is 4.39 Å². The lowest BCUT2D eigenvalue weighted by Crippen LogP contribution is -2.57. The molecule has 178 valence electrons. The molecule has 2 bridgehead atoms. The van der Waals surface area contributed by atoms with Gasteiger partial charge in [0.2, 0.25) is 22.8 Å². The Kier molecular flexibility index (Phi) is 5.55. The van der Waals surface area contributed by atoms with Crippen LogP contribution in [-0.4, -0.2) is 27.2 Å². The number of ether oxygens (including phenoxy) is 5. The highest BCUT2D eigenvalue weighted by Crippen LogP contribution is 2.69. The molecule has 2 aromatic carbocycles. The number of hydrogen-bond donors (Lipinski definition) is 1. The molecule has 0 aliphatic carbocycles. The van der Waals surface area contributed by atoms with Gasteiger partial charge in [-0.05, 0) is 36.4 Å². The largest absolute Gasteiger partial charge is 0.493 e. The van der Waals surface area contributed by atoms with Crippen LogP contribution in [0.4, 0.5) is 4.39 Å². The van der Waals surface area contributed by atoms with E-state index in [-0.39, 0.29) is 17.1 Å². The van der Waals surface area contributed by atoms with Crippen molar-refractivity contribution in [1.29, 1.82) is 21.2 Å². The lowest BCUT2D eigenvalue weighted by atomic mass is 9.53. The van der Waals surface area contributed by atoms with E-state index in [2.05, 4.69) is 6.07 Å². The van der Waals surface area contributed by atoms with Gasteiger partial charge < -0.3 is 23.7 Å². The molecule has 4 atom stereocenters. The molecule has 2 aliphatic heterocycles.